The number of benzene rings is 1. The second kappa shape index (κ2) is 9.84. The van der Waals surface area contributed by atoms with Crippen LogP contribution in [0.1, 0.15) is 46.9 Å². The van der Waals surface area contributed by atoms with Crippen LogP contribution >= 0.6 is 11.3 Å². The van der Waals surface area contributed by atoms with E-state index in [4.69, 9.17) is 9.47 Å². The van der Waals surface area contributed by atoms with E-state index in [9.17, 15) is 9.59 Å². The summed E-state index contributed by atoms with van der Waals surface area (Å²) < 4.78 is 10.9. The lowest BCUT2D eigenvalue weighted by Crippen LogP contribution is -2.43. The molecule has 1 aliphatic rings. The molecule has 1 aliphatic heterocycles. The molecular weight excluding hydrogens is 390 g/mol. The third kappa shape index (κ3) is 5.77. The monoisotopic (exact) mass is 417 g/mol. The Morgan fingerprint density at radius 1 is 1.28 bits per heavy atom. The van der Waals surface area contributed by atoms with Crippen molar-refractivity contribution in [2.45, 2.75) is 38.8 Å². The number of thiazole rings is 1. The molecule has 1 atom stereocenters. The van der Waals surface area contributed by atoms with Crippen LogP contribution in [0, 0.1) is 6.92 Å². The van der Waals surface area contributed by atoms with Crippen molar-refractivity contribution in [1.29, 1.82) is 0 Å². The van der Waals surface area contributed by atoms with Gasteiger partial charge in [0.15, 0.2) is 0 Å². The fourth-order valence-electron chi connectivity index (χ4n) is 3.25. The van der Waals surface area contributed by atoms with Crippen LogP contribution in [-0.4, -0.2) is 54.6 Å². The Bertz CT molecular complexity index is 829. The minimum Gasteiger partial charge on any atom is -0.490 e. The van der Waals surface area contributed by atoms with Gasteiger partial charge < -0.3 is 19.7 Å². The number of rotatable bonds is 7. The first-order valence-corrected chi connectivity index (χ1v) is 10.6. The van der Waals surface area contributed by atoms with Gasteiger partial charge in [-0.2, -0.15) is 0 Å². The van der Waals surface area contributed by atoms with Crippen LogP contribution < -0.4 is 10.1 Å². The number of carbonyl (C=O) groups is 2. The summed E-state index contributed by atoms with van der Waals surface area (Å²) in [5.74, 6) is 0.606. The van der Waals surface area contributed by atoms with Gasteiger partial charge in [-0.1, -0.05) is 0 Å². The zero-order valence-corrected chi connectivity index (χ0v) is 17.8. The number of methoxy groups -OCH3 is 1. The zero-order chi connectivity index (χ0) is 20.8. The molecule has 0 radical (unpaired) electrons. The number of ether oxygens (including phenoxy) is 2. The molecule has 2 heterocycles. The number of hydrogen-bond donors (Lipinski definition) is 1. The van der Waals surface area contributed by atoms with Crippen molar-refractivity contribution in [3.05, 3.63) is 45.9 Å². The van der Waals surface area contributed by atoms with Crippen LogP contribution in [0.3, 0.4) is 0 Å². The highest BCUT2D eigenvalue weighted by atomic mass is 32.1. The Morgan fingerprint density at radius 2 is 1.97 bits per heavy atom. The number of piperidine rings is 1. The molecule has 1 aromatic carbocycles. The van der Waals surface area contributed by atoms with Gasteiger partial charge in [0.05, 0.1) is 16.7 Å². The van der Waals surface area contributed by atoms with Crippen LogP contribution in [0.4, 0.5) is 0 Å². The second-order valence-corrected chi connectivity index (χ2v) is 8.20. The number of aryl methyl sites for hydroxylation is 1. The summed E-state index contributed by atoms with van der Waals surface area (Å²) in [4.78, 5) is 30.5. The fraction of sp³-hybridized carbons (Fsp3) is 0.476. The molecule has 0 saturated carbocycles. The van der Waals surface area contributed by atoms with E-state index in [-0.39, 0.29) is 30.6 Å². The summed E-state index contributed by atoms with van der Waals surface area (Å²) in [6, 6.07) is 7.01. The molecule has 2 aromatic rings. The quantitative estimate of drug-likeness (QED) is 0.749. The Kier molecular flexibility index (Phi) is 7.22. The zero-order valence-electron chi connectivity index (χ0n) is 17.0. The summed E-state index contributed by atoms with van der Waals surface area (Å²) >= 11 is 1.57. The van der Waals surface area contributed by atoms with E-state index in [0.29, 0.717) is 18.7 Å². The maximum atomic E-state index is 12.5. The van der Waals surface area contributed by atoms with Crippen LogP contribution in [0.25, 0.3) is 0 Å². The molecule has 29 heavy (non-hydrogen) atoms. The van der Waals surface area contributed by atoms with Crippen molar-refractivity contribution >= 4 is 23.2 Å². The Hall–Kier alpha value is -2.45. The van der Waals surface area contributed by atoms with Crippen molar-refractivity contribution in [2.24, 2.45) is 0 Å². The molecule has 7 nitrogen and oxygen atoms in total. The summed E-state index contributed by atoms with van der Waals surface area (Å²) in [6.07, 6.45) is 1.62. The summed E-state index contributed by atoms with van der Waals surface area (Å²) in [6.45, 7) is 5.33. The van der Waals surface area contributed by atoms with Gasteiger partial charge in [0.2, 0.25) is 5.91 Å². The molecule has 0 spiro atoms. The van der Waals surface area contributed by atoms with Crippen LogP contribution in [0.15, 0.2) is 29.6 Å². The maximum Gasteiger partial charge on any atom is 0.251 e. The number of likely N-dealkylation sites (tertiary alicyclic amines) is 1. The van der Waals surface area contributed by atoms with E-state index >= 15 is 0 Å². The molecular formula is C21H27N3O4S. The van der Waals surface area contributed by atoms with E-state index in [1.807, 2.05) is 36.3 Å². The first-order valence-electron chi connectivity index (χ1n) is 9.72. The first kappa shape index (κ1) is 21.3. The smallest absolute Gasteiger partial charge is 0.251 e. The van der Waals surface area contributed by atoms with Crippen molar-refractivity contribution in [1.82, 2.24) is 15.2 Å². The van der Waals surface area contributed by atoms with Crippen molar-refractivity contribution in [3.63, 3.8) is 0 Å². The van der Waals surface area contributed by atoms with Gasteiger partial charge >= 0.3 is 0 Å². The lowest BCUT2D eigenvalue weighted by atomic mass is 10.1. The molecule has 1 N–H and O–H groups in total. The van der Waals surface area contributed by atoms with Gasteiger partial charge in [0.1, 0.15) is 18.5 Å². The van der Waals surface area contributed by atoms with Crippen molar-refractivity contribution < 1.29 is 19.1 Å². The van der Waals surface area contributed by atoms with Gasteiger partial charge in [-0.25, -0.2) is 4.98 Å². The van der Waals surface area contributed by atoms with E-state index in [0.717, 1.165) is 29.3 Å². The third-order valence-electron chi connectivity index (χ3n) is 4.91. The van der Waals surface area contributed by atoms with Crippen molar-refractivity contribution in [3.8, 4) is 5.75 Å². The number of hydrogen-bond acceptors (Lipinski definition) is 6. The topological polar surface area (TPSA) is 80.8 Å². The molecule has 1 fully saturated rings. The van der Waals surface area contributed by atoms with Crippen LogP contribution in [-0.2, 0) is 9.53 Å². The first-order chi connectivity index (χ1) is 14.0. The largest absolute Gasteiger partial charge is 0.490 e. The standard InChI is InChI=1S/C21H27N3O4S/c1-14(19-13-29-15(2)23-19)22-21(26)16-4-6-17(7-5-16)28-18-8-10-24(11-9-18)20(25)12-27-3/h4-7,13-14,18H,8-12H2,1-3H3,(H,22,26)/t14-/m1/s1. The molecule has 8 heteroatoms. The average molecular weight is 418 g/mol. The number of nitrogens with one attached hydrogen (secondary N) is 1. The molecule has 0 aliphatic carbocycles. The highest BCUT2D eigenvalue weighted by molar-refractivity contribution is 7.09. The van der Waals surface area contributed by atoms with Gasteiger partial charge in [-0.05, 0) is 38.1 Å². The number of amides is 2. The van der Waals surface area contributed by atoms with Crippen molar-refractivity contribution in [2.75, 3.05) is 26.8 Å². The number of carbonyl (C=O) groups excluding carboxylic acids is 2. The predicted octanol–water partition coefficient (Wildman–Crippen LogP) is 2.96. The van der Waals surface area contributed by atoms with Gasteiger partial charge in [0, 0.05) is 44.0 Å². The van der Waals surface area contributed by atoms with Gasteiger partial charge in [-0.15, -0.1) is 11.3 Å². The Morgan fingerprint density at radius 3 is 2.55 bits per heavy atom. The van der Waals surface area contributed by atoms with Crippen LogP contribution in [0.2, 0.25) is 0 Å². The molecule has 3 rings (SSSR count). The van der Waals surface area contributed by atoms with Gasteiger partial charge in [0.25, 0.3) is 5.91 Å². The summed E-state index contributed by atoms with van der Waals surface area (Å²) in [5, 5.41) is 5.92. The molecule has 0 bridgehead atoms. The highest BCUT2D eigenvalue weighted by Crippen LogP contribution is 2.21. The lowest BCUT2D eigenvalue weighted by Gasteiger charge is -2.32. The predicted molar refractivity (Wildman–Crippen MR) is 111 cm³/mol. The van der Waals surface area contributed by atoms with E-state index in [1.54, 1.807) is 23.5 Å². The van der Waals surface area contributed by atoms with E-state index in [1.165, 1.54) is 7.11 Å². The minimum absolute atomic E-state index is 0.0170. The van der Waals surface area contributed by atoms with Crippen LogP contribution in [0.5, 0.6) is 5.75 Å². The average Bonchev–Trinajstić information content (AvgIpc) is 3.16. The Balaban J connectivity index is 1.49. The Labute approximate surface area is 175 Å². The van der Waals surface area contributed by atoms with E-state index < -0.39 is 0 Å². The maximum absolute atomic E-state index is 12.5. The number of aromatic nitrogens is 1. The lowest BCUT2D eigenvalue weighted by molar-refractivity contribution is -0.136. The molecule has 1 aromatic heterocycles. The summed E-state index contributed by atoms with van der Waals surface area (Å²) in [5.41, 5.74) is 1.45. The number of nitrogens with zero attached hydrogens (tertiary/aromatic N) is 2. The molecule has 1 saturated heterocycles. The molecule has 156 valence electrons. The molecule has 2 amide bonds. The molecule has 0 unspecified atom stereocenters. The highest BCUT2D eigenvalue weighted by Gasteiger charge is 2.23. The fourth-order valence-corrected chi connectivity index (χ4v) is 3.95. The second-order valence-electron chi connectivity index (χ2n) is 7.14. The minimum atomic E-state index is -0.144. The normalized spacial score (nSPS) is 15.8. The summed E-state index contributed by atoms with van der Waals surface area (Å²) in [7, 11) is 1.53. The SMILES string of the molecule is COCC(=O)N1CCC(Oc2ccc(C(=O)N[C@H](C)c3csc(C)n3)cc2)CC1. The van der Waals surface area contributed by atoms with E-state index in [2.05, 4.69) is 10.3 Å². The third-order valence-corrected chi connectivity index (χ3v) is 5.70. The van der Waals surface area contributed by atoms with Gasteiger partial charge in [-0.3, -0.25) is 9.59 Å².